The summed E-state index contributed by atoms with van der Waals surface area (Å²) in [6.07, 6.45) is -0.961. The van der Waals surface area contributed by atoms with E-state index in [9.17, 15) is 8.78 Å². The minimum Gasteiger partial charge on any atom is -0.350 e. The van der Waals surface area contributed by atoms with Crippen LogP contribution in [0.4, 0.5) is 8.78 Å². The highest BCUT2D eigenvalue weighted by Gasteiger charge is 2.16. The topological polar surface area (TPSA) is 4.93 Å². The predicted octanol–water partition coefficient (Wildman–Crippen LogP) is 3.88. The molecule has 0 saturated heterocycles. The Bertz CT molecular complexity index is 476. The number of rotatable bonds is 1. The molecular weight excluding hydrogens is 252 g/mol. The molecule has 1 heterocycles. The molecule has 1 nitrogen and oxygen atoms in total. The monoisotopic (exact) mass is 259 g/mol. The molecule has 0 saturated carbocycles. The lowest BCUT2D eigenvalue weighted by atomic mass is 10.2. The summed E-state index contributed by atoms with van der Waals surface area (Å²) in [5.74, 6) is 0. The van der Waals surface area contributed by atoms with E-state index in [0.29, 0.717) is 9.86 Å². The predicted molar refractivity (Wildman–Crippen MR) is 55.6 cm³/mol. The molecule has 0 amide bonds. The number of hydrogen-bond donors (Lipinski definition) is 0. The maximum absolute atomic E-state index is 12.7. The van der Waals surface area contributed by atoms with Crippen molar-refractivity contribution in [1.82, 2.24) is 4.57 Å². The second kappa shape index (κ2) is 3.35. The van der Waals surface area contributed by atoms with Crippen LogP contribution in [-0.4, -0.2) is 4.57 Å². The Hall–Kier alpha value is -0.900. The molecule has 0 bridgehead atoms. The molecule has 0 radical (unpaired) electrons. The fraction of sp³-hybridized carbons (Fsp3) is 0.200. The maximum atomic E-state index is 12.7. The van der Waals surface area contributed by atoms with Gasteiger partial charge < -0.3 is 4.57 Å². The highest BCUT2D eigenvalue weighted by Crippen LogP contribution is 2.33. The van der Waals surface area contributed by atoms with Crippen molar-refractivity contribution in [3.05, 3.63) is 34.4 Å². The summed E-state index contributed by atoms with van der Waals surface area (Å²) in [5, 5.41) is 0.602. The van der Waals surface area contributed by atoms with Crippen LogP contribution in [0.2, 0.25) is 0 Å². The fourth-order valence-corrected chi connectivity index (χ4v) is 2.19. The number of hydrogen-bond acceptors (Lipinski definition) is 0. The van der Waals surface area contributed by atoms with Crippen LogP contribution in [0, 0.1) is 0 Å². The molecule has 1 aromatic carbocycles. The molecule has 2 aromatic rings. The van der Waals surface area contributed by atoms with E-state index in [4.69, 9.17) is 0 Å². The Balaban J connectivity index is 2.86. The number of aryl methyl sites for hydroxylation is 1. The van der Waals surface area contributed by atoms with Gasteiger partial charge in [0.25, 0.3) is 6.43 Å². The minimum absolute atomic E-state index is 0.0787. The second-order valence-electron chi connectivity index (χ2n) is 3.13. The normalized spacial score (nSPS) is 11.5. The van der Waals surface area contributed by atoms with Gasteiger partial charge in [0.1, 0.15) is 0 Å². The Morgan fingerprint density at radius 2 is 2.07 bits per heavy atom. The molecule has 0 N–H and O–H groups in total. The summed E-state index contributed by atoms with van der Waals surface area (Å²) in [4.78, 5) is 0. The lowest BCUT2D eigenvalue weighted by molar-refractivity contribution is 0.153. The first-order valence-corrected chi connectivity index (χ1v) is 4.92. The van der Waals surface area contributed by atoms with Gasteiger partial charge in [0.2, 0.25) is 0 Å². The van der Waals surface area contributed by atoms with E-state index in [-0.39, 0.29) is 5.56 Å². The van der Waals surface area contributed by atoms with Crippen molar-refractivity contribution in [2.24, 2.45) is 7.05 Å². The van der Waals surface area contributed by atoms with E-state index in [0.717, 1.165) is 5.52 Å². The Morgan fingerprint density at radius 3 is 2.71 bits per heavy atom. The molecule has 2 rings (SSSR count). The van der Waals surface area contributed by atoms with Crippen LogP contribution in [0.5, 0.6) is 0 Å². The number of halogens is 3. The summed E-state index contributed by atoms with van der Waals surface area (Å²) in [7, 11) is 1.76. The molecule has 0 aliphatic heterocycles. The van der Waals surface area contributed by atoms with Gasteiger partial charge in [0.05, 0.1) is 0 Å². The van der Waals surface area contributed by atoms with Gasteiger partial charge in [0.15, 0.2) is 0 Å². The first-order valence-electron chi connectivity index (χ1n) is 4.13. The molecule has 0 spiro atoms. The number of fused-ring (bicyclic) bond motifs is 1. The van der Waals surface area contributed by atoms with Crippen molar-refractivity contribution in [2.45, 2.75) is 6.43 Å². The van der Waals surface area contributed by atoms with Crippen molar-refractivity contribution >= 4 is 26.8 Å². The average molecular weight is 260 g/mol. The Labute approximate surface area is 88.5 Å². The van der Waals surface area contributed by atoms with Crippen LogP contribution in [-0.2, 0) is 7.05 Å². The lowest BCUT2D eigenvalue weighted by Gasteiger charge is -1.98. The number of benzene rings is 1. The van der Waals surface area contributed by atoms with Gasteiger partial charge in [0, 0.05) is 34.2 Å². The van der Waals surface area contributed by atoms with E-state index in [1.807, 2.05) is 12.1 Å². The van der Waals surface area contributed by atoms with Crippen LogP contribution >= 0.6 is 15.9 Å². The van der Waals surface area contributed by atoms with Crippen LogP contribution in [0.25, 0.3) is 10.9 Å². The molecule has 14 heavy (non-hydrogen) atoms. The number of alkyl halides is 2. The van der Waals surface area contributed by atoms with E-state index in [1.165, 1.54) is 6.20 Å². The SMILES string of the molecule is Cn1cc(C(F)F)c2c(Br)cccc21. The molecular formula is C10H8BrF2N. The maximum Gasteiger partial charge on any atom is 0.265 e. The molecule has 0 atom stereocenters. The summed E-state index contributed by atoms with van der Waals surface area (Å²) in [6, 6.07) is 5.43. The van der Waals surface area contributed by atoms with E-state index in [2.05, 4.69) is 15.9 Å². The second-order valence-corrected chi connectivity index (χ2v) is 3.98. The van der Waals surface area contributed by atoms with Gasteiger partial charge in [-0.05, 0) is 12.1 Å². The van der Waals surface area contributed by atoms with Gasteiger partial charge in [-0.15, -0.1) is 0 Å². The van der Waals surface area contributed by atoms with Crippen molar-refractivity contribution in [2.75, 3.05) is 0 Å². The van der Waals surface area contributed by atoms with Gasteiger partial charge in [-0.3, -0.25) is 0 Å². The summed E-state index contributed by atoms with van der Waals surface area (Å²) in [6.45, 7) is 0. The van der Waals surface area contributed by atoms with E-state index >= 15 is 0 Å². The van der Waals surface area contributed by atoms with Crippen molar-refractivity contribution < 1.29 is 8.78 Å². The zero-order chi connectivity index (χ0) is 10.3. The van der Waals surface area contributed by atoms with Crippen LogP contribution in [0.1, 0.15) is 12.0 Å². The van der Waals surface area contributed by atoms with Crippen LogP contribution in [0.3, 0.4) is 0 Å². The van der Waals surface area contributed by atoms with E-state index in [1.54, 1.807) is 17.7 Å². The summed E-state index contributed by atoms with van der Waals surface area (Å²) >= 11 is 3.28. The third-order valence-corrected chi connectivity index (χ3v) is 2.89. The fourth-order valence-electron chi connectivity index (χ4n) is 1.60. The zero-order valence-corrected chi connectivity index (χ0v) is 9.05. The third-order valence-electron chi connectivity index (χ3n) is 2.23. The van der Waals surface area contributed by atoms with Gasteiger partial charge in [-0.2, -0.15) is 0 Å². The van der Waals surface area contributed by atoms with Gasteiger partial charge in [-0.25, -0.2) is 8.78 Å². The van der Waals surface area contributed by atoms with Gasteiger partial charge in [-0.1, -0.05) is 22.0 Å². The smallest absolute Gasteiger partial charge is 0.265 e. The Kier molecular flexibility index (Phi) is 2.31. The van der Waals surface area contributed by atoms with Crippen molar-refractivity contribution in [1.29, 1.82) is 0 Å². The van der Waals surface area contributed by atoms with Crippen LogP contribution in [0.15, 0.2) is 28.9 Å². The highest BCUT2D eigenvalue weighted by atomic mass is 79.9. The molecule has 0 aliphatic rings. The van der Waals surface area contributed by atoms with Crippen molar-refractivity contribution in [3.8, 4) is 0 Å². The van der Waals surface area contributed by atoms with Gasteiger partial charge >= 0.3 is 0 Å². The number of aromatic nitrogens is 1. The zero-order valence-electron chi connectivity index (χ0n) is 7.47. The standard InChI is InChI=1S/C10H8BrF2N/c1-14-5-6(10(12)13)9-7(11)3-2-4-8(9)14/h2-5,10H,1H3. The molecule has 4 heteroatoms. The molecule has 0 aliphatic carbocycles. The first kappa shape index (κ1) is 9.65. The molecule has 74 valence electrons. The molecule has 0 fully saturated rings. The third kappa shape index (κ3) is 1.34. The molecule has 1 aromatic heterocycles. The summed E-state index contributed by atoms with van der Waals surface area (Å²) < 4.78 is 27.7. The minimum atomic E-state index is -2.43. The average Bonchev–Trinajstić information content (AvgIpc) is 2.46. The quantitative estimate of drug-likeness (QED) is 0.733. The molecule has 0 unspecified atom stereocenters. The van der Waals surface area contributed by atoms with E-state index < -0.39 is 6.43 Å². The van der Waals surface area contributed by atoms with Crippen LogP contribution < -0.4 is 0 Å². The lowest BCUT2D eigenvalue weighted by Crippen LogP contribution is -1.82. The largest absolute Gasteiger partial charge is 0.350 e. The number of nitrogens with zero attached hydrogens (tertiary/aromatic N) is 1. The van der Waals surface area contributed by atoms with Crippen molar-refractivity contribution in [3.63, 3.8) is 0 Å². The Morgan fingerprint density at radius 1 is 1.36 bits per heavy atom. The highest BCUT2D eigenvalue weighted by molar-refractivity contribution is 9.10. The first-order chi connectivity index (χ1) is 6.61. The summed E-state index contributed by atoms with van der Waals surface area (Å²) in [5.41, 5.74) is 0.893.